The van der Waals surface area contributed by atoms with E-state index in [1.165, 1.54) is 4.68 Å². The second-order valence-corrected chi connectivity index (χ2v) is 8.60. The molecule has 1 radical (unpaired) electrons. The number of nitrogens with one attached hydrogen (secondary N) is 1. The lowest BCUT2D eigenvalue weighted by Crippen LogP contribution is -2.25. The van der Waals surface area contributed by atoms with Crippen molar-refractivity contribution in [1.82, 2.24) is 19.3 Å². The highest BCUT2D eigenvalue weighted by Crippen LogP contribution is 2.28. The van der Waals surface area contributed by atoms with Gasteiger partial charge in [-0.3, -0.25) is 14.3 Å². The zero-order valence-electron chi connectivity index (χ0n) is 21.1. The molecule has 0 fully saturated rings. The molecule has 0 aliphatic heterocycles. The fraction of sp³-hybridized carbons (Fsp3) is 0.103. The summed E-state index contributed by atoms with van der Waals surface area (Å²) in [5, 5.41) is 2.82. The lowest BCUT2D eigenvalue weighted by atomic mass is 10.1. The Labute approximate surface area is 219 Å². The van der Waals surface area contributed by atoms with Gasteiger partial charge in [0.15, 0.2) is 0 Å². The van der Waals surface area contributed by atoms with Gasteiger partial charge >= 0.3 is 0 Å². The normalized spacial score (nSPS) is 10.8. The molecule has 0 unspecified atom stereocenters. The summed E-state index contributed by atoms with van der Waals surface area (Å²) in [6.07, 6.45) is 1.60. The van der Waals surface area contributed by atoms with E-state index in [4.69, 9.17) is 15.5 Å². The lowest BCUT2D eigenvalue weighted by Gasteiger charge is -2.10. The quantitative estimate of drug-likeness (QED) is 0.356. The third-order valence-corrected chi connectivity index (χ3v) is 6.29. The largest absolute Gasteiger partial charge is 0.496 e. The van der Waals surface area contributed by atoms with Crippen molar-refractivity contribution in [3.8, 4) is 34.0 Å². The first-order chi connectivity index (χ1) is 18.4. The number of nitrogens with two attached hydrogens (primary N) is 1. The Hall–Kier alpha value is -5.18. The number of rotatable bonds is 6. The third kappa shape index (κ3) is 4.53. The van der Waals surface area contributed by atoms with Gasteiger partial charge < -0.3 is 15.8 Å². The zero-order chi connectivity index (χ0) is 26.8. The number of ether oxygens (including phenoxy) is 1. The van der Waals surface area contributed by atoms with Crippen LogP contribution < -0.4 is 21.3 Å². The Bertz CT molecular complexity index is 1690. The molecule has 0 atom stereocenters. The number of carbonyl (C=O) groups excluding carboxylic acids is 1. The molecule has 0 saturated carbocycles. The Morgan fingerprint density at radius 2 is 1.79 bits per heavy atom. The number of para-hydroxylation sites is 1. The van der Waals surface area contributed by atoms with Gasteiger partial charge in [-0.15, -0.1) is 0 Å². The number of aromatic nitrogens is 4. The van der Waals surface area contributed by atoms with Crippen LogP contribution in [0.15, 0.2) is 83.8 Å². The van der Waals surface area contributed by atoms with Gasteiger partial charge in [-0.2, -0.15) is 0 Å². The van der Waals surface area contributed by atoms with Gasteiger partial charge in [0.2, 0.25) is 0 Å². The molecule has 38 heavy (non-hydrogen) atoms. The minimum atomic E-state index is -0.485. The molecular weight excluding hydrogens is 480 g/mol. The zero-order valence-corrected chi connectivity index (χ0v) is 21.1. The molecular formula is C29H25N6O3. The molecule has 0 bridgehead atoms. The number of anilines is 2. The van der Waals surface area contributed by atoms with Gasteiger partial charge in [-0.05, 0) is 43.3 Å². The molecule has 9 heteroatoms. The molecule has 5 aromatic rings. The topological polar surface area (TPSA) is 117 Å². The maximum atomic E-state index is 13.2. The van der Waals surface area contributed by atoms with E-state index < -0.39 is 5.91 Å². The van der Waals surface area contributed by atoms with Crippen LogP contribution >= 0.6 is 0 Å². The fourth-order valence-electron chi connectivity index (χ4n) is 4.21. The molecule has 2 aromatic heterocycles. The van der Waals surface area contributed by atoms with Crippen molar-refractivity contribution in [3.63, 3.8) is 0 Å². The molecule has 189 valence electrons. The fourth-order valence-corrected chi connectivity index (χ4v) is 4.21. The van der Waals surface area contributed by atoms with Crippen LogP contribution in [0, 0.1) is 13.0 Å². The van der Waals surface area contributed by atoms with Crippen LogP contribution in [0.4, 0.5) is 11.5 Å². The van der Waals surface area contributed by atoms with Crippen molar-refractivity contribution in [1.29, 1.82) is 0 Å². The van der Waals surface area contributed by atoms with Crippen molar-refractivity contribution < 1.29 is 9.53 Å². The van der Waals surface area contributed by atoms with Gasteiger partial charge in [0.05, 0.1) is 30.4 Å². The number of amides is 1. The molecule has 5 rings (SSSR count). The highest BCUT2D eigenvalue weighted by Gasteiger charge is 2.22. The summed E-state index contributed by atoms with van der Waals surface area (Å²) in [5.41, 5.74) is 10.3. The third-order valence-electron chi connectivity index (χ3n) is 6.29. The Kier molecular flexibility index (Phi) is 6.49. The van der Waals surface area contributed by atoms with Crippen LogP contribution in [0.5, 0.6) is 5.75 Å². The summed E-state index contributed by atoms with van der Waals surface area (Å²) in [6.45, 7) is 1.74. The molecule has 3 N–H and O–H groups in total. The maximum absolute atomic E-state index is 13.2. The van der Waals surface area contributed by atoms with Crippen LogP contribution in [0.2, 0.25) is 0 Å². The molecule has 2 heterocycles. The number of hydrogen-bond acceptors (Lipinski definition) is 6. The Morgan fingerprint density at radius 1 is 1.05 bits per heavy atom. The second-order valence-electron chi connectivity index (χ2n) is 8.60. The molecule has 1 amide bonds. The Balaban J connectivity index is 1.40. The molecule has 3 aromatic carbocycles. The number of benzene rings is 3. The van der Waals surface area contributed by atoms with E-state index in [1.807, 2.05) is 42.5 Å². The van der Waals surface area contributed by atoms with E-state index >= 15 is 0 Å². The first kappa shape index (κ1) is 24.5. The smallest absolute Gasteiger partial charge is 0.284 e. The summed E-state index contributed by atoms with van der Waals surface area (Å²) in [7, 11) is 3.33. The van der Waals surface area contributed by atoms with E-state index in [-0.39, 0.29) is 16.9 Å². The van der Waals surface area contributed by atoms with Crippen LogP contribution in [-0.2, 0) is 7.05 Å². The van der Waals surface area contributed by atoms with E-state index in [9.17, 15) is 9.59 Å². The van der Waals surface area contributed by atoms with Crippen molar-refractivity contribution >= 4 is 17.4 Å². The van der Waals surface area contributed by atoms with Gasteiger partial charge in [-0.25, -0.2) is 14.6 Å². The average Bonchev–Trinajstić information content (AvgIpc) is 3.17. The predicted molar refractivity (Wildman–Crippen MR) is 146 cm³/mol. The maximum Gasteiger partial charge on any atom is 0.284 e. The summed E-state index contributed by atoms with van der Waals surface area (Å²) in [4.78, 5) is 35.3. The van der Waals surface area contributed by atoms with E-state index in [0.717, 1.165) is 11.1 Å². The van der Waals surface area contributed by atoms with Gasteiger partial charge in [-0.1, -0.05) is 36.4 Å². The number of carbonyl (C=O) groups is 1. The monoisotopic (exact) mass is 505 g/mol. The number of nitrogen functional groups attached to an aromatic ring is 1. The summed E-state index contributed by atoms with van der Waals surface area (Å²) >= 11 is 0. The molecule has 0 aliphatic rings. The minimum absolute atomic E-state index is 0.0822. The van der Waals surface area contributed by atoms with E-state index in [0.29, 0.717) is 34.2 Å². The van der Waals surface area contributed by atoms with E-state index in [2.05, 4.69) is 16.4 Å². The number of methoxy groups -OCH3 is 1. The van der Waals surface area contributed by atoms with Crippen molar-refractivity contribution in [2.75, 3.05) is 18.2 Å². The van der Waals surface area contributed by atoms with Crippen LogP contribution in [0.25, 0.3) is 28.2 Å². The molecule has 0 spiro atoms. The molecule has 9 nitrogen and oxygen atoms in total. The van der Waals surface area contributed by atoms with Crippen LogP contribution in [-0.4, -0.2) is 32.3 Å². The first-order valence-electron chi connectivity index (χ1n) is 11.8. The highest BCUT2D eigenvalue weighted by molar-refractivity contribution is 6.05. The predicted octanol–water partition coefficient (Wildman–Crippen LogP) is 4.25. The first-order valence-corrected chi connectivity index (χ1v) is 11.8. The van der Waals surface area contributed by atoms with E-state index in [1.54, 1.807) is 62.3 Å². The standard InChI is InChI=1S/C29H25N6O3/c1-18-25(29(37)35(34(18)2)22-9-5-4-6-10-22)28(36)32-21-14-12-19(13-15-21)26-27(30)31-17-24(33-26)20-8-7-11-23(16-20)38-3/h4-10,12-17H,1-3H3,(H2,30,31)(H,32,36). The highest BCUT2D eigenvalue weighted by atomic mass is 16.5. The lowest BCUT2D eigenvalue weighted by molar-refractivity contribution is 0.102. The molecule has 0 aliphatic carbocycles. The SMILES string of the molecule is COc1[c]ccc(-c2cnc(N)c(-c3ccc(NC(=O)c4c(C)n(C)n(-c5ccccc5)c4=O)cc3)n2)c1. The van der Waals surface area contributed by atoms with Crippen molar-refractivity contribution in [2.24, 2.45) is 7.05 Å². The average molecular weight is 506 g/mol. The summed E-state index contributed by atoms with van der Waals surface area (Å²) in [5.74, 6) is 0.384. The van der Waals surface area contributed by atoms with Gasteiger partial charge in [0, 0.05) is 29.9 Å². The van der Waals surface area contributed by atoms with Crippen LogP contribution in [0.1, 0.15) is 16.1 Å². The summed E-state index contributed by atoms with van der Waals surface area (Å²) < 4.78 is 8.40. The number of nitrogens with zero attached hydrogens (tertiary/aromatic N) is 4. The Morgan fingerprint density at radius 3 is 2.50 bits per heavy atom. The van der Waals surface area contributed by atoms with Crippen molar-refractivity contribution in [3.05, 3.63) is 107 Å². The van der Waals surface area contributed by atoms with Crippen LogP contribution in [0.3, 0.4) is 0 Å². The second kappa shape index (κ2) is 10.1. The molecule has 0 saturated heterocycles. The van der Waals surface area contributed by atoms with Crippen molar-refractivity contribution in [2.45, 2.75) is 6.92 Å². The van der Waals surface area contributed by atoms with Gasteiger partial charge in [0.25, 0.3) is 11.5 Å². The van der Waals surface area contributed by atoms with Gasteiger partial charge in [0.1, 0.15) is 22.8 Å². The number of hydrogen-bond donors (Lipinski definition) is 2. The minimum Gasteiger partial charge on any atom is -0.496 e. The summed E-state index contributed by atoms with van der Waals surface area (Å²) in [6, 6.07) is 24.7.